The SMILES string of the molecule is CCCN1C(=O)CN(C)C(=O)c2[nH]cnc21. The third-order valence-corrected chi connectivity index (χ3v) is 2.56. The average molecular weight is 222 g/mol. The van der Waals surface area contributed by atoms with Crippen molar-refractivity contribution in [1.29, 1.82) is 0 Å². The highest BCUT2D eigenvalue weighted by molar-refractivity contribution is 6.07. The van der Waals surface area contributed by atoms with Gasteiger partial charge in [-0.2, -0.15) is 0 Å². The first-order chi connectivity index (χ1) is 7.65. The van der Waals surface area contributed by atoms with Crippen LogP contribution in [0, 0.1) is 0 Å². The average Bonchev–Trinajstić information content (AvgIpc) is 2.69. The molecule has 16 heavy (non-hydrogen) atoms. The number of hydrogen-bond acceptors (Lipinski definition) is 3. The van der Waals surface area contributed by atoms with Crippen LogP contribution >= 0.6 is 0 Å². The van der Waals surface area contributed by atoms with Gasteiger partial charge in [0.25, 0.3) is 5.91 Å². The standard InChI is InChI=1S/C10H14N4O2/c1-3-4-14-7(15)5-13(2)10(16)8-9(14)12-6-11-8/h6H,3-5H2,1-2H3,(H,11,12). The number of fused-ring (bicyclic) bond motifs is 1. The fourth-order valence-electron chi connectivity index (χ4n) is 1.77. The molecule has 86 valence electrons. The first kappa shape index (κ1) is 10.7. The van der Waals surface area contributed by atoms with Crippen LogP contribution in [0.5, 0.6) is 0 Å². The molecule has 2 heterocycles. The Morgan fingerprint density at radius 1 is 1.50 bits per heavy atom. The molecule has 0 aromatic carbocycles. The van der Waals surface area contributed by atoms with E-state index in [1.54, 1.807) is 11.9 Å². The maximum atomic E-state index is 11.9. The van der Waals surface area contributed by atoms with E-state index in [9.17, 15) is 9.59 Å². The maximum absolute atomic E-state index is 11.9. The van der Waals surface area contributed by atoms with Gasteiger partial charge in [0.15, 0.2) is 5.82 Å². The predicted octanol–water partition coefficient (Wildman–Crippen LogP) is 0.238. The number of aromatic nitrogens is 2. The molecule has 0 atom stereocenters. The highest BCUT2D eigenvalue weighted by atomic mass is 16.2. The monoisotopic (exact) mass is 222 g/mol. The number of amides is 2. The van der Waals surface area contributed by atoms with Gasteiger partial charge in [-0.3, -0.25) is 14.5 Å². The van der Waals surface area contributed by atoms with Crippen molar-refractivity contribution >= 4 is 17.6 Å². The number of nitrogens with zero attached hydrogens (tertiary/aromatic N) is 3. The molecule has 0 spiro atoms. The minimum atomic E-state index is -0.195. The summed E-state index contributed by atoms with van der Waals surface area (Å²) in [6.45, 7) is 2.66. The summed E-state index contributed by atoms with van der Waals surface area (Å²) in [7, 11) is 1.61. The van der Waals surface area contributed by atoms with Gasteiger partial charge in [0.2, 0.25) is 5.91 Å². The third-order valence-electron chi connectivity index (χ3n) is 2.56. The number of likely N-dealkylation sites (N-methyl/N-ethyl adjacent to an activating group) is 1. The van der Waals surface area contributed by atoms with E-state index >= 15 is 0 Å². The molecule has 0 saturated carbocycles. The van der Waals surface area contributed by atoms with Gasteiger partial charge in [0.1, 0.15) is 12.2 Å². The Labute approximate surface area is 93.3 Å². The molecule has 1 aromatic heterocycles. The van der Waals surface area contributed by atoms with Gasteiger partial charge in [-0.15, -0.1) is 0 Å². The second-order valence-corrected chi connectivity index (χ2v) is 3.81. The fraction of sp³-hybridized carbons (Fsp3) is 0.500. The van der Waals surface area contributed by atoms with Gasteiger partial charge in [0.05, 0.1) is 6.33 Å². The number of anilines is 1. The molecule has 1 aliphatic heterocycles. The zero-order valence-corrected chi connectivity index (χ0v) is 9.36. The van der Waals surface area contributed by atoms with Crippen LogP contribution in [0.1, 0.15) is 23.8 Å². The Morgan fingerprint density at radius 2 is 2.25 bits per heavy atom. The van der Waals surface area contributed by atoms with Gasteiger partial charge in [-0.05, 0) is 6.42 Å². The molecule has 0 unspecified atom stereocenters. The van der Waals surface area contributed by atoms with Crippen molar-refractivity contribution in [3.8, 4) is 0 Å². The Kier molecular flexibility index (Phi) is 2.64. The minimum Gasteiger partial charge on any atom is -0.339 e. The summed E-state index contributed by atoms with van der Waals surface area (Å²) in [4.78, 5) is 33.6. The molecule has 0 bridgehead atoms. The second-order valence-electron chi connectivity index (χ2n) is 3.81. The quantitative estimate of drug-likeness (QED) is 0.779. The Bertz CT molecular complexity index is 426. The molecule has 0 fully saturated rings. The molecular formula is C10H14N4O2. The van der Waals surface area contributed by atoms with Crippen LogP contribution in [0.4, 0.5) is 5.82 Å². The second kappa shape index (κ2) is 3.96. The summed E-state index contributed by atoms with van der Waals surface area (Å²) in [5, 5.41) is 0. The highest BCUT2D eigenvalue weighted by Crippen LogP contribution is 2.21. The van der Waals surface area contributed by atoms with E-state index in [0.29, 0.717) is 18.1 Å². The van der Waals surface area contributed by atoms with Gasteiger partial charge in [-0.1, -0.05) is 6.92 Å². The van der Waals surface area contributed by atoms with Gasteiger partial charge < -0.3 is 9.88 Å². The zero-order chi connectivity index (χ0) is 11.7. The van der Waals surface area contributed by atoms with Crippen LogP contribution in [0.3, 0.4) is 0 Å². The van der Waals surface area contributed by atoms with Crippen molar-refractivity contribution in [2.75, 3.05) is 25.0 Å². The van der Waals surface area contributed by atoms with Gasteiger partial charge in [-0.25, -0.2) is 4.98 Å². The Morgan fingerprint density at radius 3 is 2.94 bits per heavy atom. The predicted molar refractivity (Wildman–Crippen MR) is 58.2 cm³/mol. The van der Waals surface area contributed by atoms with Gasteiger partial charge in [0, 0.05) is 13.6 Å². The van der Waals surface area contributed by atoms with E-state index in [0.717, 1.165) is 6.42 Å². The molecule has 1 N–H and O–H groups in total. The molecule has 2 rings (SSSR count). The number of imidazole rings is 1. The van der Waals surface area contributed by atoms with Crippen molar-refractivity contribution in [3.05, 3.63) is 12.0 Å². The lowest BCUT2D eigenvalue weighted by atomic mass is 10.3. The zero-order valence-electron chi connectivity index (χ0n) is 9.36. The van der Waals surface area contributed by atoms with E-state index < -0.39 is 0 Å². The Hall–Kier alpha value is -1.85. The molecule has 6 nitrogen and oxygen atoms in total. The fourth-order valence-corrected chi connectivity index (χ4v) is 1.77. The lowest BCUT2D eigenvalue weighted by molar-refractivity contribution is -0.119. The normalized spacial score (nSPS) is 16.4. The van der Waals surface area contributed by atoms with Crippen LogP contribution in [0.25, 0.3) is 0 Å². The molecule has 0 aliphatic carbocycles. The summed E-state index contributed by atoms with van der Waals surface area (Å²) in [6.07, 6.45) is 2.27. The number of H-pyrrole nitrogens is 1. The largest absolute Gasteiger partial charge is 0.339 e. The van der Waals surface area contributed by atoms with Crippen LogP contribution in [0.2, 0.25) is 0 Å². The number of aromatic amines is 1. The van der Waals surface area contributed by atoms with E-state index in [1.165, 1.54) is 11.2 Å². The van der Waals surface area contributed by atoms with Crippen molar-refractivity contribution in [2.45, 2.75) is 13.3 Å². The number of rotatable bonds is 2. The molecule has 6 heteroatoms. The summed E-state index contributed by atoms with van der Waals surface area (Å²) in [6, 6.07) is 0. The lowest BCUT2D eigenvalue weighted by Crippen LogP contribution is -2.38. The summed E-state index contributed by atoms with van der Waals surface area (Å²) in [5.41, 5.74) is 0.391. The highest BCUT2D eigenvalue weighted by Gasteiger charge is 2.31. The van der Waals surface area contributed by atoms with Gasteiger partial charge >= 0.3 is 0 Å². The van der Waals surface area contributed by atoms with Crippen molar-refractivity contribution in [1.82, 2.24) is 14.9 Å². The summed E-state index contributed by atoms with van der Waals surface area (Å²) in [5.74, 6) is 0.157. The van der Waals surface area contributed by atoms with Crippen LogP contribution < -0.4 is 4.90 Å². The maximum Gasteiger partial charge on any atom is 0.274 e. The lowest BCUT2D eigenvalue weighted by Gasteiger charge is -2.18. The molecular weight excluding hydrogens is 208 g/mol. The van der Waals surface area contributed by atoms with Crippen molar-refractivity contribution in [2.24, 2.45) is 0 Å². The minimum absolute atomic E-state index is 0.0939. The van der Waals surface area contributed by atoms with E-state index in [-0.39, 0.29) is 18.4 Å². The molecule has 1 aliphatic rings. The Balaban J connectivity index is 2.45. The third kappa shape index (κ3) is 1.56. The number of carbonyl (C=O) groups is 2. The summed E-state index contributed by atoms with van der Waals surface area (Å²) < 4.78 is 0. The van der Waals surface area contributed by atoms with E-state index in [1.807, 2.05) is 6.92 Å². The number of nitrogens with one attached hydrogen (secondary N) is 1. The van der Waals surface area contributed by atoms with Crippen LogP contribution in [0.15, 0.2) is 6.33 Å². The number of hydrogen-bond donors (Lipinski definition) is 1. The molecule has 0 saturated heterocycles. The van der Waals surface area contributed by atoms with E-state index in [2.05, 4.69) is 9.97 Å². The van der Waals surface area contributed by atoms with Crippen molar-refractivity contribution < 1.29 is 9.59 Å². The molecule has 2 amide bonds. The molecule has 1 aromatic rings. The first-order valence-corrected chi connectivity index (χ1v) is 5.24. The van der Waals surface area contributed by atoms with Crippen molar-refractivity contribution in [3.63, 3.8) is 0 Å². The van der Waals surface area contributed by atoms with Crippen LogP contribution in [-0.2, 0) is 4.79 Å². The smallest absolute Gasteiger partial charge is 0.274 e. The first-order valence-electron chi connectivity index (χ1n) is 5.24. The van der Waals surface area contributed by atoms with Crippen LogP contribution in [-0.4, -0.2) is 46.8 Å². The topological polar surface area (TPSA) is 69.3 Å². The summed E-state index contributed by atoms with van der Waals surface area (Å²) >= 11 is 0. The molecule has 0 radical (unpaired) electrons. The van der Waals surface area contributed by atoms with E-state index in [4.69, 9.17) is 0 Å². The number of carbonyl (C=O) groups excluding carboxylic acids is 2.